The maximum Gasteiger partial charge on any atom is 0.251 e. The van der Waals surface area contributed by atoms with Crippen molar-refractivity contribution in [2.45, 2.75) is 33.7 Å². The fourth-order valence-corrected chi connectivity index (χ4v) is 3.04. The summed E-state index contributed by atoms with van der Waals surface area (Å²) in [5.41, 5.74) is 8.98. The van der Waals surface area contributed by atoms with Gasteiger partial charge >= 0.3 is 0 Å². The highest BCUT2D eigenvalue weighted by atomic mass is 32.1. The molecule has 0 radical (unpaired) electrons. The molecule has 5 heteroatoms. The second-order valence-electron chi connectivity index (χ2n) is 4.95. The molecule has 20 heavy (non-hydrogen) atoms. The molecule has 1 amide bonds. The van der Waals surface area contributed by atoms with Gasteiger partial charge in [-0.15, -0.1) is 11.3 Å². The zero-order valence-electron chi connectivity index (χ0n) is 12.2. The molecule has 0 saturated carbocycles. The molecule has 0 aliphatic heterocycles. The molecule has 106 valence electrons. The molecule has 1 aromatic heterocycles. The number of nitrogens with zero attached hydrogens (tertiary/aromatic N) is 1. The zero-order chi connectivity index (χ0) is 14.9. The lowest BCUT2D eigenvalue weighted by Gasteiger charge is -2.13. The van der Waals surface area contributed by atoms with Gasteiger partial charge in [0.1, 0.15) is 0 Å². The van der Waals surface area contributed by atoms with Crippen LogP contribution in [0.5, 0.6) is 0 Å². The predicted molar refractivity (Wildman–Crippen MR) is 83.1 cm³/mol. The number of aryl methyl sites for hydroxylation is 3. The summed E-state index contributed by atoms with van der Waals surface area (Å²) in [4.78, 5) is 17.7. The van der Waals surface area contributed by atoms with Crippen LogP contribution >= 0.6 is 11.3 Å². The van der Waals surface area contributed by atoms with Crippen molar-refractivity contribution in [3.8, 4) is 0 Å². The summed E-state index contributed by atoms with van der Waals surface area (Å²) in [6.45, 7) is 7.81. The van der Waals surface area contributed by atoms with Gasteiger partial charge in [0, 0.05) is 16.1 Å². The highest BCUT2D eigenvalue weighted by molar-refractivity contribution is 7.11. The molecule has 0 spiro atoms. The van der Waals surface area contributed by atoms with Gasteiger partial charge in [-0.1, -0.05) is 0 Å². The Morgan fingerprint density at radius 3 is 2.60 bits per heavy atom. The number of nitrogens with two attached hydrogens (primary N) is 1. The van der Waals surface area contributed by atoms with Crippen LogP contribution in [0.1, 0.15) is 44.5 Å². The van der Waals surface area contributed by atoms with Crippen LogP contribution in [0, 0.1) is 20.8 Å². The number of carbonyl (C=O) groups is 1. The largest absolute Gasteiger partial charge is 0.399 e. The molecule has 0 bridgehead atoms. The first kappa shape index (κ1) is 14.5. The van der Waals surface area contributed by atoms with Crippen LogP contribution in [0.2, 0.25) is 0 Å². The number of hydrogen-bond acceptors (Lipinski definition) is 4. The number of aromatic nitrogens is 1. The van der Waals surface area contributed by atoms with Crippen LogP contribution in [-0.2, 0) is 0 Å². The quantitative estimate of drug-likeness (QED) is 0.853. The third kappa shape index (κ3) is 2.99. The Morgan fingerprint density at radius 1 is 1.35 bits per heavy atom. The molecule has 1 atom stereocenters. The Kier molecular flexibility index (Phi) is 4.09. The smallest absolute Gasteiger partial charge is 0.251 e. The van der Waals surface area contributed by atoms with Gasteiger partial charge in [0.15, 0.2) is 0 Å². The van der Waals surface area contributed by atoms with E-state index in [0.29, 0.717) is 11.3 Å². The molecule has 3 N–H and O–H groups in total. The molecular weight excluding hydrogens is 270 g/mol. The van der Waals surface area contributed by atoms with Crippen LogP contribution in [0.25, 0.3) is 0 Å². The molecule has 4 nitrogen and oxygen atoms in total. The molecule has 1 heterocycles. The molecule has 0 aliphatic rings. The molecule has 1 aromatic carbocycles. The lowest BCUT2D eigenvalue weighted by atomic mass is 10.1. The van der Waals surface area contributed by atoms with E-state index in [4.69, 9.17) is 5.73 Å². The second-order valence-corrected chi connectivity index (χ2v) is 6.18. The number of nitrogen functional groups attached to an aromatic ring is 1. The fraction of sp³-hybridized carbons (Fsp3) is 0.333. The minimum absolute atomic E-state index is 0.0495. The van der Waals surface area contributed by atoms with Gasteiger partial charge in [-0.05, 0) is 51.5 Å². The number of benzene rings is 1. The topological polar surface area (TPSA) is 68.0 Å². The molecule has 2 aromatic rings. The Labute approximate surface area is 123 Å². The van der Waals surface area contributed by atoms with E-state index in [0.717, 1.165) is 21.1 Å². The number of rotatable bonds is 3. The Bertz CT molecular complexity index is 649. The van der Waals surface area contributed by atoms with Gasteiger partial charge in [-0.25, -0.2) is 4.98 Å². The Morgan fingerprint density at radius 2 is 2.05 bits per heavy atom. The summed E-state index contributed by atoms with van der Waals surface area (Å²) in [6.07, 6.45) is 0. The first-order valence-corrected chi connectivity index (χ1v) is 7.31. The van der Waals surface area contributed by atoms with Crippen molar-refractivity contribution >= 4 is 22.9 Å². The molecule has 0 fully saturated rings. The lowest BCUT2D eigenvalue weighted by Crippen LogP contribution is -2.26. The monoisotopic (exact) mass is 289 g/mol. The Balaban J connectivity index is 2.15. The van der Waals surface area contributed by atoms with Crippen LogP contribution in [-0.4, -0.2) is 10.9 Å². The summed E-state index contributed by atoms with van der Waals surface area (Å²) in [6, 6.07) is 5.26. The third-order valence-electron chi connectivity index (χ3n) is 3.21. The van der Waals surface area contributed by atoms with Crippen molar-refractivity contribution in [1.82, 2.24) is 10.3 Å². The van der Waals surface area contributed by atoms with Crippen LogP contribution < -0.4 is 11.1 Å². The number of amides is 1. The first-order chi connectivity index (χ1) is 9.38. The SMILES string of the molecule is Cc1nc(C)c(C(C)NC(=O)c2ccc(N)c(C)c2)s1. The summed E-state index contributed by atoms with van der Waals surface area (Å²) >= 11 is 1.62. The van der Waals surface area contributed by atoms with Gasteiger partial charge in [-0.2, -0.15) is 0 Å². The van der Waals surface area contributed by atoms with Crippen LogP contribution in [0.3, 0.4) is 0 Å². The van der Waals surface area contributed by atoms with Gasteiger partial charge in [-0.3, -0.25) is 4.79 Å². The van der Waals surface area contributed by atoms with Gasteiger partial charge in [0.2, 0.25) is 0 Å². The lowest BCUT2D eigenvalue weighted by molar-refractivity contribution is 0.0940. The Hall–Kier alpha value is -1.88. The van der Waals surface area contributed by atoms with Gasteiger partial charge in [0.05, 0.1) is 16.7 Å². The maximum absolute atomic E-state index is 12.2. The van der Waals surface area contributed by atoms with E-state index in [1.54, 1.807) is 23.5 Å². The van der Waals surface area contributed by atoms with Gasteiger partial charge in [0.25, 0.3) is 5.91 Å². The third-order valence-corrected chi connectivity index (χ3v) is 4.47. The van der Waals surface area contributed by atoms with Crippen molar-refractivity contribution in [1.29, 1.82) is 0 Å². The molecule has 1 unspecified atom stereocenters. The zero-order valence-corrected chi connectivity index (χ0v) is 13.0. The van der Waals surface area contributed by atoms with Crippen molar-refractivity contribution in [3.05, 3.63) is 44.9 Å². The average molecular weight is 289 g/mol. The van der Waals surface area contributed by atoms with E-state index < -0.39 is 0 Å². The normalized spacial score (nSPS) is 12.2. The molecule has 2 rings (SSSR count). The van der Waals surface area contributed by atoms with Crippen molar-refractivity contribution in [2.24, 2.45) is 0 Å². The van der Waals surface area contributed by atoms with E-state index in [9.17, 15) is 4.79 Å². The number of hydrogen-bond donors (Lipinski definition) is 2. The fourth-order valence-electron chi connectivity index (χ4n) is 2.11. The van der Waals surface area contributed by atoms with E-state index in [2.05, 4.69) is 10.3 Å². The standard InChI is InChI=1S/C15H19N3OS/c1-8-7-12(5-6-13(8)16)15(19)18-10(3)14-9(2)17-11(4)20-14/h5-7,10H,16H2,1-4H3,(H,18,19). The first-order valence-electron chi connectivity index (χ1n) is 6.49. The van der Waals surface area contributed by atoms with E-state index in [1.807, 2.05) is 33.8 Å². The summed E-state index contributed by atoms with van der Waals surface area (Å²) in [5, 5.41) is 4.02. The summed E-state index contributed by atoms with van der Waals surface area (Å²) in [7, 11) is 0. The van der Waals surface area contributed by atoms with Crippen molar-refractivity contribution in [3.63, 3.8) is 0 Å². The molecular formula is C15H19N3OS. The highest BCUT2D eigenvalue weighted by Gasteiger charge is 2.16. The average Bonchev–Trinajstić information content (AvgIpc) is 2.71. The van der Waals surface area contributed by atoms with Crippen molar-refractivity contribution < 1.29 is 4.79 Å². The molecule has 0 saturated heterocycles. The second kappa shape index (κ2) is 5.63. The number of nitrogens with one attached hydrogen (secondary N) is 1. The highest BCUT2D eigenvalue weighted by Crippen LogP contribution is 2.24. The van der Waals surface area contributed by atoms with E-state index >= 15 is 0 Å². The number of carbonyl (C=O) groups excluding carboxylic acids is 1. The van der Waals surface area contributed by atoms with Crippen LogP contribution in [0.15, 0.2) is 18.2 Å². The molecule has 0 aliphatic carbocycles. The van der Waals surface area contributed by atoms with Gasteiger partial charge < -0.3 is 11.1 Å². The van der Waals surface area contributed by atoms with E-state index in [1.165, 1.54) is 0 Å². The predicted octanol–water partition coefficient (Wildman–Crippen LogP) is 3.14. The minimum atomic E-state index is -0.0916. The van der Waals surface area contributed by atoms with E-state index in [-0.39, 0.29) is 11.9 Å². The summed E-state index contributed by atoms with van der Waals surface area (Å²) in [5.74, 6) is -0.0916. The minimum Gasteiger partial charge on any atom is -0.399 e. The summed E-state index contributed by atoms with van der Waals surface area (Å²) < 4.78 is 0. The number of anilines is 1. The van der Waals surface area contributed by atoms with Crippen molar-refractivity contribution in [2.75, 3.05) is 5.73 Å². The number of thiazole rings is 1. The van der Waals surface area contributed by atoms with Crippen LogP contribution in [0.4, 0.5) is 5.69 Å². The maximum atomic E-state index is 12.2.